The predicted molar refractivity (Wildman–Crippen MR) is 66.2 cm³/mol. The van der Waals surface area contributed by atoms with Crippen molar-refractivity contribution in [1.82, 2.24) is 0 Å². The highest BCUT2D eigenvalue weighted by Crippen LogP contribution is 2.22. The van der Waals surface area contributed by atoms with E-state index in [1.54, 1.807) is 13.0 Å². The molecule has 1 aliphatic carbocycles. The Kier molecular flexibility index (Phi) is 3.57. The third-order valence-electron chi connectivity index (χ3n) is 3.02. The molecular formula is C14H16FNO. The lowest BCUT2D eigenvalue weighted by Crippen LogP contribution is -2.15. The molecule has 0 radical (unpaired) electrons. The molecule has 1 atom stereocenters. The Bertz CT molecular complexity index is 454. The number of rotatable bonds is 3. The Morgan fingerprint density at radius 1 is 1.53 bits per heavy atom. The summed E-state index contributed by atoms with van der Waals surface area (Å²) in [7, 11) is 0. The van der Waals surface area contributed by atoms with E-state index in [1.165, 1.54) is 12.1 Å². The van der Waals surface area contributed by atoms with Gasteiger partial charge < -0.3 is 5.32 Å². The zero-order chi connectivity index (χ0) is 12.3. The lowest BCUT2D eigenvalue weighted by molar-refractivity contribution is -0.116. The molecule has 0 aliphatic heterocycles. The van der Waals surface area contributed by atoms with Crippen LogP contribution >= 0.6 is 0 Å². The number of carbonyl (C=O) groups is 1. The van der Waals surface area contributed by atoms with Crippen molar-refractivity contribution in [3.63, 3.8) is 0 Å². The fourth-order valence-corrected chi connectivity index (χ4v) is 2.07. The van der Waals surface area contributed by atoms with Crippen molar-refractivity contribution in [1.29, 1.82) is 0 Å². The molecule has 0 fully saturated rings. The lowest BCUT2D eigenvalue weighted by Gasteiger charge is -2.10. The van der Waals surface area contributed by atoms with E-state index in [4.69, 9.17) is 0 Å². The number of benzene rings is 1. The van der Waals surface area contributed by atoms with Crippen LogP contribution in [0.2, 0.25) is 0 Å². The average molecular weight is 233 g/mol. The summed E-state index contributed by atoms with van der Waals surface area (Å²) in [6, 6.07) is 4.39. The quantitative estimate of drug-likeness (QED) is 0.796. The van der Waals surface area contributed by atoms with E-state index in [2.05, 4.69) is 17.5 Å². The smallest absolute Gasteiger partial charge is 0.224 e. The first-order valence-electron chi connectivity index (χ1n) is 5.88. The largest absolute Gasteiger partial charge is 0.326 e. The van der Waals surface area contributed by atoms with Crippen LogP contribution in [0, 0.1) is 18.7 Å². The number of hydrogen-bond acceptors (Lipinski definition) is 1. The molecule has 0 heterocycles. The molecule has 0 saturated carbocycles. The van der Waals surface area contributed by atoms with Crippen molar-refractivity contribution in [2.24, 2.45) is 5.92 Å². The van der Waals surface area contributed by atoms with E-state index in [1.807, 2.05) is 0 Å². The first-order chi connectivity index (χ1) is 8.15. The van der Waals surface area contributed by atoms with Crippen LogP contribution in [-0.4, -0.2) is 5.91 Å². The van der Waals surface area contributed by atoms with E-state index >= 15 is 0 Å². The number of nitrogens with one attached hydrogen (secondary N) is 1. The van der Waals surface area contributed by atoms with Gasteiger partial charge in [0.05, 0.1) is 0 Å². The van der Waals surface area contributed by atoms with Gasteiger partial charge in [-0.05, 0) is 49.4 Å². The van der Waals surface area contributed by atoms with E-state index < -0.39 is 0 Å². The summed E-state index contributed by atoms with van der Waals surface area (Å²) >= 11 is 0. The lowest BCUT2D eigenvalue weighted by atomic mass is 10.0. The third kappa shape index (κ3) is 3.16. The van der Waals surface area contributed by atoms with Crippen LogP contribution in [0.3, 0.4) is 0 Å². The highest BCUT2D eigenvalue weighted by atomic mass is 19.1. The highest BCUT2D eigenvalue weighted by molar-refractivity contribution is 5.91. The number of anilines is 1. The van der Waals surface area contributed by atoms with Crippen molar-refractivity contribution in [3.8, 4) is 0 Å². The monoisotopic (exact) mass is 233 g/mol. The molecule has 1 aliphatic rings. The number of allylic oxidation sites excluding steroid dienone is 2. The molecule has 0 aromatic heterocycles. The first kappa shape index (κ1) is 11.8. The van der Waals surface area contributed by atoms with Gasteiger partial charge in [-0.25, -0.2) is 4.39 Å². The third-order valence-corrected chi connectivity index (χ3v) is 3.02. The Morgan fingerprint density at radius 2 is 2.35 bits per heavy atom. The van der Waals surface area contributed by atoms with Gasteiger partial charge in [-0.3, -0.25) is 4.79 Å². The standard InChI is InChI=1S/C14H16FNO/c1-10-8-12(15)6-7-13(10)16-14(17)9-11-4-2-3-5-11/h2,4,6-8,11H,3,5,9H2,1H3,(H,16,17). The van der Waals surface area contributed by atoms with Crippen molar-refractivity contribution < 1.29 is 9.18 Å². The topological polar surface area (TPSA) is 29.1 Å². The Labute approximate surface area is 101 Å². The molecule has 1 aromatic carbocycles. The van der Waals surface area contributed by atoms with Crippen LogP contribution in [-0.2, 0) is 4.79 Å². The molecule has 3 heteroatoms. The fraction of sp³-hybridized carbons (Fsp3) is 0.357. The minimum atomic E-state index is -0.278. The second kappa shape index (κ2) is 5.13. The van der Waals surface area contributed by atoms with Crippen LogP contribution in [0.15, 0.2) is 30.4 Å². The molecule has 0 saturated heterocycles. The molecular weight excluding hydrogens is 217 g/mol. The number of amides is 1. The SMILES string of the molecule is Cc1cc(F)ccc1NC(=O)CC1C=CCC1. The molecule has 1 amide bonds. The molecule has 1 aromatic rings. The molecule has 2 nitrogen and oxygen atoms in total. The van der Waals surface area contributed by atoms with Crippen LogP contribution < -0.4 is 5.32 Å². The van der Waals surface area contributed by atoms with E-state index in [-0.39, 0.29) is 11.7 Å². The van der Waals surface area contributed by atoms with Gasteiger partial charge in [-0.1, -0.05) is 12.2 Å². The summed E-state index contributed by atoms with van der Waals surface area (Å²) in [5.74, 6) is 0.0752. The van der Waals surface area contributed by atoms with Gasteiger partial charge in [0.15, 0.2) is 0 Å². The van der Waals surface area contributed by atoms with Crippen molar-refractivity contribution >= 4 is 11.6 Å². The minimum absolute atomic E-state index is 0.00346. The maximum Gasteiger partial charge on any atom is 0.224 e. The van der Waals surface area contributed by atoms with Gasteiger partial charge in [0.1, 0.15) is 5.82 Å². The zero-order valence-electron chi connectivity index (χ0n) is 9.87. The van der Waals surface area contributed by atoms with Crippen LogP contribution in [0.1, 0.15) is 24.8 Å². The minimum Gasteiger partial charge on any atom is -0.326 e. The van der Waals surface area contributed by atoms with Gasteiger partial charge in [0, 0.05) is 12.1 Å². The molecule has 17 heavy (non-hydrogen) atoms. The summed E-state index contributed by atoms with van der Waals surface area (Å²) in [6.07, 6.45) is 6.83. The van der Waals surface area contributed by atoms with Gasteiger partial charge >= 0.3 is 0 Å². The number of hydrogen-bond donors (Lipinski definition) is 1. The van der Waals surface area contributed by atoms with E-state index in [9.17, 15) is 9.18 Å². The van der Waals surface area contributed by atoms with Gasteiger partial charge in [-0.2, -0.15) is 0 Å². The van der Waals surface area contributed by atoms with Gasteiger partial charge in [-0.15, -0.1) is 0 Å². The molecule has 1 unspecified atom stereocenters. The number of aryl methyl sites for hydroxylation is 1. The summed E-state index contributed by atoms with van der Waals surface area (Å²) < 4.78 is 12.9. The van der Waals surface area contributed by atoms with Crippen LogP contribution in [0.5, 0.6) is 0 Å². The Morgan fingerprint density at radius 3 is 3.00 bits per heavy atom. The maximum atomic E-state index is 12.9. The van der Waals surface area contributed by atoms with Crippen molar-refractivity contribution in [2.75, 3.05) is 5.32 Å². The number of halogens is 1. The van der Waals surface area contributed by atoms with Gasteiger partial charge in [0.2, 0.25) is 5.91 Å². The second-order valence-electron chi connectivity index (χ2n) is 4.48. The highest BCUT2D eigenvalue weighted by Gasteiger charge is 2.14. The van der Waals surface area contributed by atoms with Crippen LogP contribution in [0.25, 0.3) is 0 Å². The molecule has 0 bridgehead atoms. The second-order valence-corrected chi connectivity index (χ2v) is 4.48. The summed E-state index contributed by atoms with van der Waals surface area (Å²) in [4.78, 5) is 11.8. The van der Waals surface area contributed by atoms with Gasteiger partial charge in [0.25, 0.3) is 0 Å². The molecule has 90 valence electrons. The van der Waals surface area contributed by atoms with Crippen LogP contribution in [0.4, 0.5) is 10.1 Å². The first-order valence-corrected chi connectivity index (χ1v) is 5.88. The Hall–Kier alpha value is -1.64. The Balaban J connectivity index is 1.95. The normalized spacial score (nSPS) is 18.4. The van der Waals surface area contributed by atoms with Crippen molar-refractivity contribution in [3.05, 3.63) is 41.7 Å². The number of carbonyl (C=O) groups excluding carboxylic acids is 1. The predicted octanol–water partition coefficient (Wildman–Crippen LogP) is 3.43. The van der Waals surface area contributed by atoms with E-state index in [0.717, 1.165) is 18.4 Å². The maximum absolute atomic E-state index is 12.9. The summed E-state index contributed by atoms with van der Waals surface area (Å²) in [5.41, 5.74) is 1.44. The summed E-state index contributed by atoms with van der Waals surface area (Å²) in [6.45, 7) is 1.79. The summed E-state index contributed by atoms with van der Waals surface area (Å²) in [5, 5.41) is 2.82. The zero-order valence-corrected chi connectivity index (χ0v) is 9.87. The van der Waals surface area contributed by atoms with Crippen molar-refractivity contribution in [2.45, 2.75) is 26.2 Å². The van der Waals surface area contributed by atoms with E-state index in [0.29, 0.717) is 18.0 Å². The molecule has 0 spiro atoms. The molecule has 1 N–H and O–H groups in total. The average Bonchev–Trinajstić information content (AvgIpc) is 2.75. The molecule has 2 rings (SSSR count). The fourth-order valence-electron chi connectivity index (χ4n) is 2.07.